The van der Waals surface area contributed by atoms with E-state index < -0.39 is 0 Å². The number of likely N-dealkylation sites (N-methyl/N-ethyl adjacent to an activating group) is 1. The predicted octanol–water partition coefficient (Wildman–Crippen LogP) is -0.147. The summed E-state index contributed by atoms with van der Waals surface area (Å²) in [6.45, 7) is 10.0. The Bertz CT molecular complexity index is 452. The zero-order valence-electron chi connectivity index (χ0n) is 16.6. The lowest BCUT2D eigenvalue weighted by atomic mass is 10.2. The van der Waals surface area contributed by atoms with E-state index in [0.29, 0.717) is 6.04 Å². The van der Waals surface area contributed by atoms with Gasteiger partial charge in [0.2, 0.25) is 5.91 Å². The molecule has 0 spiro atoms. The van der Waals surface area contributed by atoms with Gasteiger partial charge in [0.05, 0.1) is 13.2 Å². The van der Waals surface area contributed by atoms with Crippen molar-refractivity contribution in [2.45, 2.75) is 25.8 Å². The number of hydrogen-bond acceptors (Lipinski definition) is 5. The molecular formula is C18H35N5O3. The molecule has 2 heterocycles. The molecule has 2 aliphatic heterocycles. The van der Waals surface area contributed by atoms with Crippen LogP contribution in [0.5, 0.6) is 0 Å². The van der Waals surface area contributed by atoms with E-state index in [2.05, 4.69) is 20.1 Å². The molecule has 2 aliphatic rings. The van der Waals surface area contributed by atoms with Gasteiger partial charge >= 0.3 is 0 Å². The first-order valence-corrected chi connectivity index (χ1v) is 9.74. The lowest BCUT2D eigenvalue weighted by Gasteiger charge is -2.32. The Kier molecular flexibility index (Phi) is 9.14. The van der Waals surface area contributed by atoms with Crippen LogP contribution in [0.3, 0.4) is 0 Å². The first-order valence-electron chi connectivity index (χ1n) is 9.74. The van der Waals surface area contributed by atoms with Crippen LogP contribution >= 0.6 is 0 Å². The molecule has 1 unspecified atom stereocenters. The minimum absolute atomic E-state index is 0.0162. The van der Waals surface area contributed by atoms with Crippen molar-refractivity contribution in [3.8, 4) is 0 Å². The highest BCUT2D eigenvalue weighted by Crippen LogP contribution is 2.17. The maximum atomic E-state index is 11.9. The van der Waals surface area contributed by atoms with Gasteiger partial charge in [0.25, 0.3) is 0 Å². The SMILES string of the molecule is CCOCCCNC(=NCC(=O)N(C)C)N1CCC(N2CCOCC2)C1. The number of nitrogens with one attached hydrogen (secondary N) is 1. The molecule has 0 aromatic carbocycles. The summed E-state index contributed by atoms with van der Waals surface area (Å²) in [5.74, 6) is 0.856. The number of hydrogen-bond donors (Lipinski definition) is 1. The maximum Gasteiger partial charge on any atom is 0.243 e. The molecule has 1 N–H and O–H groups in total. The Morgan fingerprint density at radius 2 is 2.08 bits per heavy atom. The summed E-state index contributed by atoms with van der Waals surface area (Å²) in [6, 6.07) is 0.541. The van der Waals surface area contributed by atoms with Crippen molar-refractivity contribution in [1.29, 1.82) is 0 Å². The Balaban J connectivity index is 1.89. The van der Waals surface area contributed by atoms with E-state index in [-0.39, 0.29) is 12.5 Å². The molecule has 8 heteroatoms. The van der Waals surface area contributed by atoms with Gasteiger partial charge < -0.3 is 24.6 Å². The summed E-state index contributed by atoms with van der Waals surface area (Å²) in [7, 11) is 3.52. The number of guanidine groups is 1. The summed E-state index contributed by atoms with van der Waals surface area (Å²) >= 11 is 0. The van der Waals surface area contributed by atoms with Gasteiger partial charge in [0, 0.05) is 66.1 Å². The summed E-state index contributed by atoms with van der Waals surface area (Å²) in [4.78, 5) is 22.9. The fourth-order valence-corrected chi connectivity index (χ4v) is 3.25. The number of ether oxygens (including phenoxy) is 2. The molecule has 2 rings (SSSR count). The number of likely N-dealkylation sites (tertiary alicyclic amines) is 1. The largest absolute Gasteiger partial charge is 0.382 e. The fraction of sp³-hybridized carbons (Fsp3) is 0.889. The van der Waals surface area contributed by atoms with Gasteiger partial charge in [-0.15, -0.1) is 0 Å². The van der Waals surface area contributed by atoms with Crippen LogP contribution in [0.15, 0.2) is 4.99 Å². The highest BCUT2D eigenvalue weighted by molar-refractivity contribution is 5.85. The molecule has 2 saturated heterocycles. The van der Waals surface area contributed by atoms with Gasteiger partial charge in [0.15, 0.2) is 5.96 Å². The van der Waals surface area contributed by atoms with Gasteiger partial charge in [-0.05, 0) is 19.8 Å². The molecule has 0 bridgehead atoms. The van der Waals surface area contributed by atoms with E-state index in [0.717, 1.165) is 78.0 Å². The second kappa shape index (κ2) is 11.4. The normalized spacial score (nSPS) is 21.9. The molecule has 0 saturated carbocycles. The van der Waals surface area contributed by atoms with Crippen molar-refractivity contribution in [3.05, 3.63) is 0 Å². The zero-order valence-corrected chi connectivity index (χ0v) is 16.6. The second-order valence-corrected chi connectivity index (χ2v) is 6.94. The van der Waals surface area contributed by atoms with E-state index >= 15 is 0 Å². The molecular weight excluding hydrogens is 334 g/mol. The van der Waals surface area contributed by atoms with E-state index in [1.165, 1.54) is 0 Å². The average Bonchev–Trinajstić information content (AvgIpc) is 3.14. The van der Waals surface area contributed by atoms with Crippen LogP contribution in [0, 0.1) is 0 Å². The van der Waals surface area contributed by atoms with Gasteiger partial charge in [0.1, 0.15) is 6.54 Å². The molecule has 0 aromatic heterocycles. The average molecular weight is 370 g/mol. The number of carbonyl (C=O) groups is 1. The summed E-state index contributed by atoms with van der Waals surface area (Å²) in [6.07, 6.45) is 2.05. The Labute approximate surface area is 157 Å². The van der Waals surface area contributed by atoms with Gasteiger partial charge in [-0.1, -0.05) is 0 Å². The van der Waals surface area contributed by atoms with E-state index in [1.807, 2.05) is 6.92 Å². The van der Waals surface area contributed by atoms with Crippen molar-refractivity contribution in [2.24, 2.45) is 4.99 Å². The standard InChI is InChI=1S/C18H35N5O3/c1-4-25-11-5-7-19-18(20-14-17(24)21(2)3)23-8-6-16(15-23)22-9-12-26-13-10-22/h16H,4-15H2,1-3H3,(H,19,20). The Morgan fingerprint density at radius 3 is 2.77 bits per heavy atom. The lowest BCUT2D eigenvalue weighted by Crippen LogP contribution is -2.47. The molecule has 8 nitrogen and oxygen atoms in total. The molecule has 0 aliphatic carbocycles. The van der Waals surface area contributed by atoms with Crippen LogP contribution in [0.2, 0.25) is 0 Å². The number of carbonyl (C=O) groups excluding carboxylic acids is 1. The maximum absolute atomic E-state index is 11.9. The van der Waals surface area contributed by atoms with Gasteiger partial charge in [-0.2, -0.15) is 0 Å². The van der Waals surface area contributed by atoms with E-state index in [9.17, 15) is 4.79 Å². The van der Waals surface area contributed by atoms with E-state index in [4.69, 9.17) is 9.47 Å². The zero-order chi connectivity index (χ0) is 18.8. The van der Waals surface area contributed by atoms with Crippen molar-refractivity contribution in [3.63, 3.8) is 0 Å². The monoisotopic (exact) mass is 369 g/mol. The molecule has 150 valence electrons. The van der Waals surface area contributed by atoms with Crippen LogP contribution in [0.25, 0.3) is 0 Å². The number of rotatable bonds is 8. The van der Waals surface area contributed by atoms with Crippen LogP contribution < -0.4 is 5.32 Å². The highest BCUT2D eigenvalue weighted by atomic mass is 16.5. The molecule has 26 heavy (non-hydrogen) atoms. The first kappa shape index (κ1) is 20.9. The Hall–Kier alpha value is -1.38. The van der Waals surface area contributed by atoms with Crippen LogP contribution in [0.1, 0.15) is 19.8 Å². The topological polar surface area (TPSA) is 69.6 Å². The van der Waals surface area contributed by atoms with Crippen molar-refractivity contribution in [2.75, 3.05) is 79.8 Å². The predicted molar refractivity (Wildman–Crippen MR) is 102 cm³/mol. The van der Waals surface area contributed by atoms with Gasteiger partial charge in [-0.25, -0.2) is 4.99 Å². The van der Waals surface area contributed by atoms with Crippen molar-refractivity contribution in [1.82, 2.24) is 20.0 Å². The second-order valence-electron chi connectivity index (χ2n) is 6.94. The third-order valence-electron chi connectivity index (χ3n) is 4.84. The molecule has 1 amide bonds. The summed E-state index contributed by atoms with van der Waals surface area (Å²) in [5.41, 5.74) is 0. The van der Waals surface area contributed by atoms with Crippen LogP contribution in [0.4, 0.5) is 0 Å². The smallest absolute Gasteiger partial charge is 0.243 e. The number of amides is 1. The minimum atomic E-state index is 0.0162. The third kappa shape index (κ3) is 6.74. The molecule has 0 aromatic rings. The number of aliphatic imine (C=N–C) groups is 1. The Morgan fingerprint density at radius 1 is 1.31 bits per heavy atom. The molecule has 1 atom stereocenters. The van der Waals surface area contributed by atoms with Crippen LogP contribution in [-0.2, 0) is 14.3 Å². The third-order valence-corrected chi connectivity index (χ3v) is 4.84. The quantitative estimate of drug-likeness (QED) is 0.365. The minimum Gasteiger partial charge on any atom is -0.382 e. The van der Waals surface area contributed by atoms with Crippen molar-refractivity contribution >= 4 is 11.9 Å². The fourth-order valence-electron chi connectivity index (χ4n) is 3.25. The van der Waals surface area contributed by atoms with Crippen LogP contribution in [-0.4, -0.2) is 112 Å². The summed E-state index contributed by atoms with van der Waals surface area (Å²) < 4.78 is 10.9. The number of morpholine rings is 1. The van der Waals surface area contributed by atoms with Gasteiger partial charge in [-0.3, -0.25) is 9.69 Å². The molecule has 2 fully saturated rings. The number of nitrogens with zero attached hydrogens (tertiary/aromatic N) is 4. The highest BCUT2D eigenvalue weighted by Gasteiger charge is 2.30. The van der Waals surface area contributed by atoms with Crippen molar-refractivity contribution < 1.29 is 14.3 Å². The van der Waals surface area contributed by atoms with E-state index in [1.54, 1.807) is 19.0 Å². The first-order chi connectivity index (χ1) is 12.6. The lowest BCUT2D eigenvalue weighted by molar-refractivity contribution is -0.127. The summed E-state index contributed by atoms with van der Waals surface area (Å²) in [5, 5.41) is 3.42. The molecule has 0 radical (unpaired) electrons.